The lowest BCUT2D eigenvalue weighted by atomic mass is 9.73. The van der Waals surface area contributed by atoms with Crippen LogP contribution >= 0.6 is 0 Å². The van der Waals surface area contributed by atoms with E-state index in [2.05, 4.69) is 0 Å². The van der Waals surface area contributed by atoms with Crippen LogP contribution in [0.4, 0.5) is 0 Å². The molecule has 152 valence electrons. The number of hydrogen-bond acceptors (Lipinski definition) is 5. The van der Waals surface area contributed by atoms with E-state index in [1.54, 1.807) is 20.1 Å². The zero-order valence-electron chi connectivity index (χ0n) is 17.0. The molecule has 0 saturated carbocycles. The van der Waals surface area contributed by atoms with Crippen LogP contribution in [0, 0.1) is 5.92 Å². The van der Waals surface area contributed by atoms with Gasteiger partial charge in [-0.15, -0.1) is 0 Å². The van der Waals surface area contributed by atoms with E-state index in [-0.39, 0.29) is 18.3 Å². The lowest BCUT2D eigenvalue weighted by Crippen LogP contribution is -2.34. The van der Waals surface area contributed by atoms with Crippen LogP contribution in [-0.2, 0) is 14.3 Å². The summed E-state index contributed by atoms with van der Waals surface area (Å²) in [6, 6.07) is 15.1. The number of carbonyl (C=O) groups excluding carboxylic acids is 2. The fourth-order valence-corrected chi connectivity index (χ4v) is 3.85. The first kappa shape index (κ1) is 20.6. The first-order valence-corrected chi connectivity index (χ1v) is 9.86. The molecule has 0 fully saturated rings. The van der Waals surface area contributed by atoms with Crippen LogP contribution in [0.3, 0.4) is 0 Å². The van der Waals surface area contributed by atoms with Crippen molar-refractivity contribution in [2.45, 2.75) is 26.2 Å². The molecule has 0 heterocycles. The third-order valence-electron chi connectivity index (χ3n) is 5.08. The van der Waals surface area contributed by atoms with Gasteiger partial charge < -0.3 is 14.2 Å². The lowest BCUT2D eigenvalue weighted by molar-refractivity contribution is -0.151. The summed E-state index contributed by atoms with van der Waals surface area (Å²) in [5, 5.41) is 0. The van der Waals surface area contributed by atoms with E-state index >= 15 is 0 Å². The molecular formula is C24H26O5. The molecule has 2 aromatic rings. The van der Waals surface area contributed by atoms with Crippen molar-refractivity contribution in [2.75, 3.05) is 20.3 Å². The number of allylic oxidation sites excluding steroid dienone is 2. The number of rotatable bonds is 7. The summed E-state index contributed by atoms with van der Waals surface area (Å²) in [5.41, 5.74) is 2.52. The summed E-state index contributed by atoms with van der Waals surface area (Å²) in [4.78, 5) is 25.8. The smallest absolute Gasteiger partial charge is 0.317 e. The van der Waals surface area contributed by atoms with Crippen LogP contribution in [0.1, 0.15) is 37.3 Å². The minimum absolute atomic E-state index is 0.228. The van der Waals surface area contributed by atoms with E-state index in [1.807, 2.05) is 55.5 Å². The second-order valence-electron chi connectivity index (χ2n) is 6.78. The van der Waals surface area contributed by atoms with Gasteiger partial charge in [0.2, 0.25) is 0 Å². The molecule has 0 bridgehead atoms. The van der Waals surface area contributed by atoms with E-state index in [4.69, 9.17) is 14.2 Å². The van der Waals surface area contributed by atoms with Gasteiger partial charge in [0, 0.05) is 11.5 Å². The number of hydrogen-bond donors (Lipinski definition) is 0. The first-order chi connectivity index (χ1) is 14.1. The van der Waals surface area contributed by atoms with Gasteiger partial charge in [-0.3, -0.25) is 9.59 Å². The topological polar surface area (TPSA) is 61.8 Å². The Hall–Kier alpha value is -3.08. The van der Waals surface area contributed by atoms with Crippen LogP contribution < -0.4 is 9.47 Å². The maximum atomic E-state index is 13.1. The number of methoxy groups -OCH3 is 1. The highest BCUT2D eigenvalue weighted by molar-refractivity contribution is 6.11. The van der Waals surface area contributed by atoms with Crippen molar-refractivity contribution in [3.63, 3.8) is 0 Å². The number of para-hydroxylation sites is 2. The molecule has 0 spiro atoms. The molecule has 2 atom stereocenters. The van der Waals surface area contributed by atoms with E-state index in [0.717, 1.165) is 16.7 Å². The van der Waals surface area contributed by atoms with Crippen molar-refractivity contribution in [3.05, 3.63) is 65.7 Å². The number of esters is 1. The fraction of sp³-hybridized carbons (Fsp3) is 0.333. The second-order valence-corrected chi connectivity index (χ2v) is 6.78. The van der Waals surface area contributed by atoms with Gasteiger partial charge in [0.25, 0.3) is 0 Å². The number of benzene rings is 2. The second kappa shape index (κ2) is 9.41. The average Bonchev–Trinajstić information content (AvgIpc) is 2.74. The quantitative estimate of drug-likeness (QED) is 0.514. The van der Waals surface area contributed by atoms with Crippen molar-refractivity contribution in [1.29, 1.82) is 0 Å². The minimum atomic E-state index is -0.894. The zero-order valence-corrected chi connectivity index (χ0v) is 17.0. The van der Waals surface area contributed by atoms with Gasteiger partial charge in [-0.2, -0.15) is 0 Å². The molecule has 29 heavy (non-hydrogen) atoms. The third-order valence-corrected chi connectivity index (χ3v) is 5.08. The highest BCUT2D eigenvalue weighted by atomic mass is 16.5. The first-order valence-electron chi connectivity index (χ1n) is 9.86. The van der Waals surface area contributed by atoms with Crippen LogP contribution in [-0.4, -0.2) is 32.1 Å². The number of ketones is 1. The Balaban J connectivity index is 2.09. The standard InChI is InChI=1S/C24H26O5/c1-4-28-22-13-9-7-11-18(22)19-14-16(17-10-6-8-12-21(17)27-3)15-20(25)23(19)24(26)29-5-2/h6-13,15,19,23H,4-5,14H2,1-3H3/t19-,23+/m0/s1. The van der Waals surface area contributed by atoms with Crippen molar-refractivity contribution in [1.82, 2.24) is 0 Å². The number of carbonyl (C=O) groups is 2. The molecule has 3 rings (SSSR count). The Labute approximate surface area is 171 Å². The molecule has 0 N–H and O–H groups in total. The normalized spacial score (nSPS) is 18.7. The van der Waals surface area contributed by atoms with E-state index in [9.17, 15) is 9.59 Å². The van der Waals surface area contributed by atoms with Gasteiger partial charge in [-0.05, 0) is 49.6 Å². The molecule has 5 heteroatoms. The molecule has 2 aromatic carbocycles. The molecule has 5 nitrogen and oxygen atoms in total. The Morgan fingerprint density at radius 2 is 1.69 bits per heavy atom. The monoisotopic (exact) mass is 394 g/mol. The molecule has 0 unspecified atom stereocenters. The van der Waals surface area contributed by atoms with Crippen molar-refractivity contribution >= 4 is 17.3 Å². The van der Waals surface area contributed by atoms with Crippen molar-refractivity contribution in [2.24, 2.45) is 5.92 Å². The summed E-state index contributed by atoms with van der Waals surface area (Å²) in [7, 11) is 1.60. The highest BCUT2D eigenvalue weighted by Gasteiger charge is 2.41. The molecule has 0 aliphatic heterocycles. The maximum Gasteiger partial charge on any atom is 0.317 e. The van der Waals surface area contributed by atoms with Crippen LogP contribution in [0.5, 0.6) is 11.5 Å². The molecule has 0 aromatic heterocycles. The summed E-state index contributed by atoms with van der Waals surface area (Å²) >= 11 is 0. The summed E-state index contributed by atoms with van der Waals surface area (Å²) in [5.74, 6) is -0.651. The SMILES string of the molecule is CCOC(=O)[C@H]1C(=O)C=C(c2ccccc2OC)C[C@H]1c1ccccc1OCC. The minimum Gasteiger partial charge on any atom is -0.496 e. The highest BCUT2D eigenvalue weighted by Crippen LogP contribution is 2.44. The maximum absolute atomic E-state index is 13.1. The van der Waals surface area contributed by atoms with Gasteiger partial charge in [0.1, 0.15) is 17.4 Å². The van der Waals surface area contributed by atoms with Gasteiger partial charge >= 0.3 is 5.97 Å². The largest absolute Gasteiger partial charge is 0.496 e. The summed E-state index contributed by atoms with van der Waals surface area (Å²) in [6.07, 6.45) is 2.05. The molecule has 0 saturated heterocycles. The third kappa shape index (κ3) is 4.34. The summed E-state index contributed by atoms with van der Waals surface area (Å²) in [6.45, 7) is 4.37. The molecule has 0 radical (unpaired) electrons. The fourth-order valence-electron chi connectivity index (χ4n) is 3.85. The van der Waals surface area contributed by atoms with E-state index in [0.29, 0.717) is 24.5 Å². The van der Waals surface area contributed by atoms with Crippen LogP contribution in [0.25, 0.3) is 5.57 Å². The van der Waals surface area contributed by atoms with Gasteiger partial charge in [-0.1, -0.05) is 36.4 Å². The Morgan fingerprint density at radius 1 is 1.00 bits per heavy atom. The van der Waals surface area contributed by atoms with Crippen LogP contribution in [0.2, 0.25) is 0 Å². The van der Waals surface area contributed by atoms with Gasteiger partial charge in [0.05, 0.1) is 20.3 Å². The van der Waals surface area contributed by atoms with Gasteiger partial charge in [0.15, 0.2) is 5.78 Å². The number of ether oxygens (including phenoxy) is 3. The molecule has 1 aliphatic carbocycles. The Kier molecular flexibility index (Phi) is 6.70. The van der Waals surface area contributed by atoms with Crippen molar-refractivity contribution in [3.8, 4) is 11.5 Å². The summed E-state index contributed by atoms with van der Waals surface area (Å²) < 4.78 is 16.5. The van der Waals surface area contributed by atoms with E-state index in [1.165, 1.54) is 0 Å². The lowest BCUT2D eigenvalue weighted by Gasteiger charge is -2.30. The molecule has 1 aliphatic rings. The molecular weight excluding hydrogens is 368 g/mol. The average molecular weight is 394 g/mol. The van der Waals surface area contributed by atoms with Crippen LogP contribution in [0.15, 0.2) is 54.6 Å². The predicted octanol–water partition coefficient (Wildman–Crippen LogP) is 4.41. The predicted molar refractivity (Wildman–Crippen MR) is 111 cm³/mol. The Morgan fingerprint density at radius 3 is 2.38 bits per heavy atom. The van der Waals surface area contributed by atoms with E-state index < -0.39 is 11.9 Å². The Bertz CT molecular complexity index is 915. The zero-order chi connectivity index (χ0) is 20.8. The van der Waals surface area contributed by atoms with Crippen molar-refractivity contribution < 1.29 is 23.8 Å². The molecule has 0 amide bonds. The van der Waals surface area contributed by atoms with Gasteiger partial charge in [-0.25, -0.2) is 0 Å².